The van der Waals surface area contributed by atoms with Gasteiger partial charge in [-0.3, -0.25) is 14.4 Å². The summed E-state index contributed by atoms with van der Waals surface area (Å²) in [5.74, 6) is -2.04. The van der Waals surface area contributed by atoms with Crippen LogP contribution in [0.2, 0.25) is 0 Å². The molecule has 34 heavy (non-hydrogen) atoms. The first kappa shape index (κ1) is 26.9. The first-order valence-corrected chi connectivity index (χ1v) is 11.4. The third kappa shape index (κ3) is 7.36. The molecule has 10 heteroatoms. The summed E-state index contributed by atoms with van der Waals surface area (Å²) in [4.78, 5) is 52.6. The summed E-state index contributed by atoms with van der Waals surface area (Å²) in [6, 6.07) is 1.94. The highest BCUT2D eigenvalue weighted by Gasteiger charge is 2.45. The average molecular weight is 477 g/mol. The van der Waals surface area contributed by atoms with E-state index in [0.717, 1.165) is 0 Å². The van der Waals surface area contributed by atoms with Gasteiger partial charge in [0.1, 0.15) is 23.4 Å². The van der Waals surface area contributed by atoms with E-state index < -0.39 is 47.9 Å². The number of carbonyl (C=O) groups excluding carboxylic acids is 4. The lowest BCUT2D eigenvalue weighted by Crippen LogP contribution is -2.55. The molecular weight excluding hydrogens is 440 g/mol. The Labute approximate surface area is 200 Å². The van der Waals surface area contributed by atoms with Crippen LogP contribution in [-0.4, -0.2) is 57.5 Å². The van der Waals surface area contributed by atoms with Crippen molar-refractivity contribution in [1.82, 2.24) is 15.5 Å². The maximum atomic E-state index is 13.7. The van der Waals surface area contributed by atoms with Crippen molar-refractivity contribution >= 4 is 23.8 Å². The summed E-state index contributed by atoms with van der Waals surface area (Å²) in [6.45, 7) is 10.3. The van der Waals surface area contributed by atoms with Crippen LogP contribution >= 0.6 is 0 Å². The summed E-state index contributed by atoms with van der Waals surface area (Å²) < 4.78 is 5.24. The van der Waals surface area contributed by atoms with Gasteiger partial charge in [0, 0.05) is 17.6 Å². The second kappa shape index (κ2) is 10.8. The number of aryl methyl sites for hydroxylation is 1. The number of para-hydroxylation sites is 1. The van der Waals surface area contributed by atoms with Crippen LogP contribution in [0.3, 0.4) is 0 Å². The van der Waals surface area contributed by atoms with E-state index in [1.165, 1.54) is 4.90 Å². The van der Waals surface area contributed by atoms with E-state index in [9.17, 15) is 24.3 Å². The van der Waals surface area contributed by atoms with Crippen molar-refractivity contribution in [2.45, 2.75) is 90.6 Å². The number of primary amides is 1. The van der Waals surface area contributed by atoms with Gasteiger partial charge in [0.05, 0.1) is 6.42 Å². The minimum Gasteiger partial charge on any atom is -0.507 e. The molecule has 10 nitrogen and oxygen atoms in total. The molecule has 0 aliphatic heterocycles. The maximum absolute atomic E-state index is 13.7. The lowest BCUT2D eigenvalue weighted by atomic mass is 9.98. The first-order chi connectivity index (χ1) is 15.7. The molecule has 1 aliphatic carbocycles. The molecule has 5 N–H and O–H groups in total. The normalized spacial score (nSPS) is 15.3. The van der Waals surface area contributed by atoms with Crippen LogP contribution in [0.4, 0.5) is 4.79 Å². The number of phenolic OH excluding ortho intramolecular Hbond substituents is 1. The van der Waals surface area contributed by atoms with Gasteiger partial charge in [0.15, 0.2) is 0 Å². The van der Waals surface area contributed by atoms with Gasteiger partial charge >= 0.3 is 6.09 Å². The van der Waals surface area contributed by atoms with E-state index in [2.05, 4.69) is 10.6 Å². The van der Waals surface area contributed by atoms with E-state index in [0.29, 0.717) is 18.4 Å². The van der Waals surface area contributed by atoms with Crippen molar-refractivity contribution in [2.24, 2.45) is 5.73 Å². The number of amides is 4. The van der Waals surface area contributed by atoms with Crippen molar-refractivity contribution in [2.75, 3.05) is 0 Å². The quantitative estimate of drug-likeness (QED) is 0.428. The van der Waals surface area contributed by atoms with Crippen molar-refractivity contribution in [3.63, 3.8) is 0 Å². The van der Waals surface area contributed by atoms with Gasteiger partial charge in [-0.15, -0.1) is 0 Å². The molecule has 0 aromatic heterocycles. The Kier molecular flexibility index (Phi) is 8.52. The summed E-state index contributed by atoms with van der Waals surface area (Å²) in [5, 5.41) is 16.0. The fourth-order valence-electron chi connectivity index (χ4n) is 3.58. The van der Waals surface area contributed by atoms with Crippen LogP contribution in [-0.2, 0) is 19.1 Å². The predicted octanol–water partition coefficient (Wildman–Crippen LogP) is 2.03. The number of aromatic hydroxyl groups is 1. The number of carbonyl (C=O) groups is 4. The molecule has 1 saturated carbocycles. The highest BCUT2D eigenvalue weighted by Crippen LogP contribution is 2.39. The van der Waals surface area contributed by atoms with Gasteiger partial charge < -0.3 is 31.1 Å². The van der Waals surface area contributed by atoms with Gasteiger partial charge in [-0.25, -0.2) is 4.79 Å². The zero-order valence-corrected chi connectivity index (χ0v) is 20.7. The molecule has 1 aromatic rings. The Morgan fingerprint density at radius 3 is 2.29 bits per heavy atom. The number of nitrogens with one attached hydrogen (secondary N) is 2. The van der Waals surface area contributed by atoms with E-state index in [4.69, 9.17) is 10.5 Å². The van der Waals surface area contributed by atoms with Gasteiger partial charge in [0.2, 0.25) is 17.7 Å². The van der Waals surface area contributed by atoms with Crippen molar-refractivity contribution in [3.8, 4) is 5.75 Å². The van der Waals surface area contributed by atoms with Crippen LogP contribution < -0.4 is 16.4 Å². The fourth-order valence-corrected chi connectivity index (χ4v) is 3.58. The molecule has 0 spiro atoms. The third-order valence-electron chi connectivity index (χ3n) is 5.11. The molecule has 0 heterocycles. The van der Waals surface area contributed by atoms with E-state index in [-0.39, 0.29) is 23.4 Å². The zero-order valence-electron chi connectivity index (χ0n) is 20.7. The fraction of sp³-hybridized carbons (Fsp3) is 0.583. The second-order valence-electron chi connectivity index (χ2n) is 9.92. The first-order valence-electron chi connectivity index (χ1n) is 11.4. The third-order valence-corrected chi connectivity index (χ3v) is 5.11. The molecule has 0 saturated heterocycles. The molecule has 1 aliphatic rings. The van der Waals surface area contributed by atoms with Gasteiger partial charge in [-0.05, 0) is 59.9 Å². The standard InChI is InChI=1S/C24H36N4O6/c1-13(2)26-21(31)19(16-9-7-8-14(3)20(16)30)28(15-10-11-15)22(32)17(12-18(25)29)27-23(33)34-24(4,5)6/h7-9,13,15,17,19,30H,10-12H2,1-6H3,(H2,25,29)(H,26,31)(H,27,33). The summed E-state index contributed by atoms with van der Waals surface area (Å²) >= 11 is 0. The number of nitrogens with zero attached hydrogens (tertiary/aromatic N) is 1. The Morgan fingerprint density at radius 1 is 1.18 bits per heavy atom. The van der Waals surface area contributed by atoms with Crippen LogP contribution in [0.15, 0.2) is 18.2 Å². The molecular formula is C24H36N4O6. The summed E-state index contributed by atoms with van der Waals surface area (Å²) in [7, 11) is 0. The van der Waals surface area contributed by atoms with Crippen molar-refractivity contribution in [1.29, 1.82) is 0 Å². The number of phenols is 1. The molecule has 1 aromatic carbocycles. The molecule has 0 radical (unpaired) electrons. The molecule has 2 rings (SSSR count). The van der Waals surface area contributed by atoms with Crippen LogP contribution in [0.1, 0.15) is 71.0 Å². The number of rotatable bonds is 9. The lowest BCUT2D eigenvalue weighted by Gasteiger charge is -2.35. The molecule has 2 atom stereocenters. The number of nitrogens with two attached hydrogens (primary N) is 1. The van der Waals surface area contributed by atoms with Gasteiger partial charge in [-0.2, -0.15) is 0 Å². The maximum Gasteiger partial charge on any atom is 0.408 e. The highest BCUT2D eigenvalue weighted by atomic mass is 16.6. The van der Waals surface area contributed by atoms with E-state index >= 15 is 0 Å². The Bertz CT molecular complexity index is 936. The van der Waals surface area contributed by atoms with Crippen LogP contribution in [0.25, 0.3) is 0 Å². The van der Waals surface area contributed by atoms with E-state index in [1.54, 1.807) is 59.7 Å². The Balaban J connectivity index is 2.50. The minimum atomic E-state index is -1.34. The molecule has 0 bridgehead atoms. The minimum absolute atomic E-state index is 0.101. The number of alkyl carbamates (subject to hydrolysis) is 1. The molecule has 4 amide bonds. The number of hydrogen-bond acceptors (Lipinski definition) is 6. The lowest BCUT2D eigenvalue weighted by molar-refractivity contribution is -0.144. The van der Waals surface area contributed by atoms with E-state index in [1.807, 2.05) is 0 Å². The average Bonchev–Trinajstić information content (AvgIpc) is 3.50. The van der Waals surface area contributed by atoms with Gasteiger partial charge in [0.25, 0.3) is 0 Å². The number of benzene rings is 1. The SMILES string of the molecule is Cc1cccc(C(C(=O)NC(C)C)N(C(=O)C(CC(N)=O)NC(=O)OC(C)(C)C)C2CC2)c1O. The highest BCUT2D eigenvalue weighted by molar-refractivity contribution is 5.95. The largest absolute Gasteiger partial charge is 0.507 e. The van der Waals surface area contributed by atoms with Crippen LogP contribution in [0.5, 0.6) is 5.75 Å². The zero-order chi connectivity index (χ0) is 25.8. The van der Waals surface area contributed by atoms with Crippen molar-refractivity contribution < 1.29 is 29.0 Å². The number of hydrogen-bond donors (Lipinski definition) is 4. The smallest absolute Gasteiger partial charge is 0.408 e. The monoisotopic (exact) mass is 476 g/mol. The summed E-state index contributed by atoms with van der Waals surface area (Å²) in [5.41, 5.74) is 5.34. The Hall–Kier alpha value is -3.30. The predicted molar refractivity (Wildman–Crippen MR) is 126 cm³/mol. The summed E-state index contributed by atoms with van der Waals surface area (Å²) in [6.07, 6.45) is -0.0806. The molecule has 1 fully saturated rings. The molecule has 188 valence electrons. The van der Waals surface area contributed by atoms with Gasteiger partial charge in [-0.1, -0.05) is 18.2 Å². The Morgan fingerprint density at radius 2 is 1.79 bits per heavy atom. The van der Waals surface area contributed by atoms with Crippen molar-refractivity contribution in [3.05, 3.63) is 29.3 Å². The molecule has 2 unspecified atom stereocenters. The van der Waals surface area contributed by atoms with Crippen LogP contribution in [0, 0.1) is 6.92 Å². The topological polar surface area (TPSA) is 151 Å². The second-order valence-corrected chi connectivity index (χ2v) is 9.92. The number of ether oxygens (including phenoxy) is 1.